The number of alkyl halides is 3. The second-order valence-electron chi connectivity index (χ2n) is 9.63. The minimum absolute atomic E-state index is 0.0836. The van der Waals surface area contributed by atoms with Crippen LogP contribution in [0.25, 0.3) is 0 Å². The summed E-state index contributed by atoms with van der Waals surface area (Å²) in [5, 5.41) is 0. The minimum atomic E-state index is -4.70. The molecule has 12 heteroatoms. The van der Waals surface area contributed by atoms with Crippen molar-refractivity contribution in [2.75, 3.05) is 33.4 Å². The van der Waals surface area contributed by atoms with E-state index in [4.69, 9.17) is 4.74 Å². The van der Waals surface area contributed by atoms with Crippen molar-refractivity contribution in [2.45, 2.75) is 50.3 Å². The lowest BCUT2D eigenvalue weighted by Crippen LogP contribution is -2.43. The van der Waals surface area contributed by atoms with Crippen molar-refractivity contribution in [1.82, 2.24) is 13.8 Å². The Balaban J connectivity index is 1.85. The van der Waals surface area contributed by atoms with Gasteiger partial charge in [0.2, 0.25) is 15.9 Å². The maximum absolute atomic E-state index is 13.6. The van der Waals surface area contributed by atoms with Crippen LogP contribution in [0.4, 0.5) is 13.2 Å². The van der Waals surface area contributed by atoms with Crippen molar-refractivity contribution in [3.05, 3.63) is 88.2 Å². The molecule has 0 aliphatic carbocycles. The molecule has 1 heterocycles. The molecule has 0 bridgehead atoms. The number of methoxy groups -OCH3 is 1. The van der Waals surface area contributed by atoms with E-state index in [9.17, 15) is 26.4 Å². The first-order chi connectivity index (χ1) is 19.5. The third-order valence-corrected chi connectivity index (χ3v) is 8.91. The Labute approximate surface area is 248 Å². The summed E-state index contributed by atoms with van der Waals surface area (Å²) in [6, 6.07) is 15.3. The topological polar surface area (TPSA) is 71.9 Å². The van der Waals surface area contributed by atoms with Crippen molar-refractivity contribution in [3.63, 3.8) is 0 Å². The largest absolute Gasteiger partial charge is 0.416 e. The lowest BCUT2D eigenvalue weighted by Gasteiger charge is -2.28. The number of aromatic nitrogens is 1. The molecule has 0 fully saturated rings. The maximum atomic E-state index is 13.6. The van der Waals surface area contributed by atoms with Gasteiger partial charge in [-0.3, -0.25) is 4.79 Å². The number of hydrogen-bond acceptors (Lipinski definition) is 4. The van der Waals surface area contributed by atoms with Crippen LogP contribution in [0, 0.1) is 0 Å². The molecule has 224 valence electrons. The van der Waals surface area contributed by atoms with Gasteiger partial charge in [0.1, 0.15) is 0 Å². The van der Waals surface area contributed by atoms with Crippen LogP contribution in [-0.2, 0) is 38.8 Å². The maximum Gasteiger partial charge on any atom is 0.416 e. The number of carbonyl (C=O) groups excluding carboxylic acids is 1. The Morgan fingerprint density at radius 1 is 1.02 bits per heavy atom. The quantitative estimate of drug-likeness (QED) is 0.183. The zero-order chi connectivity index (χ0) is 30.0. The highest BCUT2D eigenvalue weighted by atomic mass is 79.9. The van der Waals surface area contributed by atoms with Crippen LogP contribution in [0.3, 0.4) is 0 Å². The van der Waals surface area contributed by atoms with Crippen molar-refractivity contribution >= 4 is 31.9 Å². The number of benzene rings is 2. The number of amides is 1. The number of halogens is 4. The molecular formula is C29H35BrF3N3O4S. The van der Waals surface area contributed by atoms with Gasteiger partial charge in [0.15, 0.2) is 0 Å². The third kappa shape index (κ3) is 9.42. The fourth-order valence-electron chi connectivity index (χ4n) is 4.27. The molecule has 3 aromatic rings. The molecule has 0 radical (unpaired) electrons. The highest BCUT2D eigenvalue weighted by Gasteiger charge is 2.34. The van der Waals surface area contributed by atoms with Crippen molar-refractivity contribution in [1.29, 1.82) is 0 Å². The van der Waals surface area contributed by atoms with Crippen LogP contribution >= 0.6 is 15.9 Å². The van der Waals surface area contributed by atoms with Gasteiger partial charge in [0.25, 0.3) is 0 Å². The predicted molar refractivity (Wildman–Crippen MR) is 155 cm³/mol. The summed E-state index contributed by atoms with van der Waals surface area (Å²) in [4.78, 5) is 14.7. The summed E-state index contributed by atoms with van der Waals surface area (Å²) < 4.78 is 76.0. The van der Waals surface area contributed by atoms with E-state index >= 15 is 0 Å². The van der Waals surface area contributed by atoms with E-state index < -0.39 is 39.1 Å². The Morgan fingerprint density at radius 2 is 1.76 bits per heavy atom. The zero-order valence-electron chi connectivity index (χ0n) is 23.1. The van der Waals surface area contributed by atoms with E-state index in [1.165, 1.54) is 7.11 Å². The number of nitrogens with zero attached hydrogens (tertiary/aromatic N) is 3. The molecular weight excluding hydrogens is 623 g/mol. The summed E-state index contributed by atoms with van der Waals surface area (Å²) in [7, 11) is -2.94. The van der Waals surface area contributed by atoms with Crippen LogP contribution in [0.1, 0.15) is 43.0 Å². The number of sulfonamides is 1. The first kappa shape index (κ1) is 32.8. The van der Waals surface area contributed by atoms with Crippen LogP contribution in [-0.4, -0.2) is 61.4 Å². The van der Waals surface area contributed by atoms with Gasteiger partial charge in [-0.05, 0) is 60.9 Å². The summed E-state index contributed by atoms with van der Waals surface area (Å²) in [6.45, 7) is 2.91. The Bertz CT molecular complexity index is 1380. The SMILES string of the molecule is CCCCN(Cc1cccn1Cc1ccc(Br)cc1)C(=O)CN(CCCOC)S(=O)(=O)c1cccc(C(F)(F)F)c1. The average molecular weight is 659 g/mol. The standard InChI is InChI=1S/C29H35BrF3N3O4S/c1-3-4-15-35(21-26-9-6-16-34(26)20-23-11-13-25(30)14-12-23)28(37)22-36(17-7-18-40-2)41(38,39)27-10-5-8-24(19-27)29(31,32)33/h5-6,8-14,16,19H,3-4,7,15,17-18,20-22H2,1-2H3. The third-order valence-electron chi connectivity index (χ3n) is 6.54. The molecule has 7 nitrogen and oxygen atoms in total. The highest BCUT2D eigenvalue weighted by Crippen LogP contribution is 2.31. The van der Waals surface area contributed by atoms with E-state index in [-0.39, 0.29) is 26.1 Å². The molecule has 0 saturated carbocycles. The fourth-order valence-corrected chi connectivity index (χ4v) is 6.01. The van der Waals surface area contributed by atoms with Gasteiger partial charge in [0, 0.05) is 49.7 Å². The Hall–Kier alpha value is -2.67. The molecule has 41 heavy (non-hydrogen) atoms. The number of unbranched alkanes of at least 4 members (excludes halogenated alkanes) is 1. The molecule has 0 spiro atoms. The van der Waals surface area contributed by atoms with Crippen molar-refractivity contribution in [2.24, 2.45) is 0 Å². The number of ether oxygens (including phenoxy) is 1. The molecule has 1 aromatic heterocycles. The first-order valence-electron chi connectivity index (χ1n) is 13.3. The van der Waals surface area contributed by atoms with Crippen LogP contribution < -0.4 is 0 Å². The molecule has 0 atom stereocenters. The zero-order valence-corrected chi connectivity index (χ0v) is 25.5. The monoisotopic (exact) mass is 657 g/mol. The Kier molecular flexibility index (Phi) is 12.0. The molecule has 0 N–H and O–H groups in total. The van der Waals surface area contributed by atoms with E-state index in [1.807, 2.05) is 54.1 Å². The minimum Gasteiger partial charge on any atom is -0.385 e. The molecule has 0 saturated heterocycles. The van der Waals surface area contributed by atoms with Crippen LogP contribution in [0.15, 0.2) is 76.2 Å². The van der Waals surface area contributed by atoms with E-state index in [2.05, 4.69) is 15.9 Å². The number of rotatable bonds is 15. The van der Waals surface area contributed by atoms with Crippen LogP contribution in [0.5, 0.6) is 0 Å². The van der Waals surface area contributed by atoms with Crippen LogP contribution in [0.2, 0.25) is 0 Å². The smallest absolute Gasteiger partial charge is 0.385 e. The van der Waals surface area contributed by atoms with Gasteiger partial charge in [-0.25, -0.2) is 8.42 Å². The lowest BCUT2D eigenvalue weighted by molar-refractivity contribution is -0.137. The second kappa shape index (κ2) is 15.0. The van der Waals surface area contributed by atoms with Gasteiger partial charge >= 0.3 is 6.18 Å². The van der Waals surface area contributed by atoms with E-state index in [1.54, 1.807) is 4.90 Å². The summed E-state index contributed by atoms with van der Waals surface area (Å²) in [5.41, 5.74) is 0.885. The van der Waals surface area contributed by atoms with Gasteiger partial charge in [-0.1, -0.05) is 47.5 Å². The van der Waals surface area contributed by atoms with Crippen molar-refractivity contribution in [3.8, 4) is 0 Å². The average Bonchev–Trinajstić information content (AvgIpc) is 3.37. The lowest BCUT2D eigenvalue weighted by atomic mass is 10.2. The molecule has 0 unspecified atom stereocenters. The fraction of sp³-hybridized carbons (Fsp3) is 0.414. The van der Waals surface area contributed by atoms with Gasteiger partial charge in [0.05, 0.1) is 23.5 Å². The molecule has 0 aliphatic heterocycles. The normalized spacial score (nSPS) is 12.2. The van der Waals surface area contributed by atoms with Crippen molar-refractivity contribution < 1.29 is 31.1 Å². The van der Waals surface area contributed by atoms with Gasteiger partial charge in [-0.2, -0.15) is 17.5 Å². The summed E-state index contributed by atoms with van der Waals surface area (Å²) >= 11 is 3.44. The first-order valence-corrected chi connectivity index (χ1v) is 15.5. The Morgan fingerprint density at radius 3 is 2.41 bits per heavy atom. The highest BCUT2D eigenvalue weighted by molar-refractivity contribution is 9.10. The van der Waals surface area contributed by atoms with E-state index in [0.29, 0.717) is 25.6 Å². The molecule has 1 amide bonds. The number of carbonyl (C=O) groups is 1. The van der Waals surface area contributed by atoms with Gasteiger partial charge < -0.3 is 14.2 Å². The molecule has 0 aliphatic rings. The summed E-state index contributed by atoms with van der Waals surface area (Å²) in [6.07, 6.45) is -0.973. The summed E-state index contributed by atoms with van der Waals surface area (Å²) in [5.74, 6) is -0.428. The van der Waals surface area contributed by atoms with E-state index in [0.717, 1.165) is 44.7 Å². The molecule has 2 aromatic carbocycles. The predicted octanol–water partition coefficient (Wildman–Crippen LogP) is 6.17. The second-order valence-corrected chi connectivity index (χ2v) is 12.5. The molecule has 3 rings (SSSR count). The number of hydrogen-bond donors (Lipinski definition) is 0. The van der Waals surface area contributed by atoms with Gasteiger partial charge in [-0.15, -0.1) is 0 Å².